The topological polar surface area (TPSA) is 46.4 Å². The predicted molar refractivity (Wildman–Crippen MR) is 91.9 cm³/mol. The maximum Gasteiger partial charge on any atom is 0.416 e. The van der Waals surface area contributed by atoms with E-state index in [9.17, 15) is 18.0 Å². The molecule has 1 aromatic carbocycles. The number of urea groups is 1. The van der Waals surface area contributed by atoms with Gasteiger partial charge in [0.2, 0.25) is 0 Å². The first-order valence-corrected chi connectivity index (χ1v) is 8.82. The highest BCUT2D eigenvalue weighted by molar-refractivity contribution is 7.09. The van der Waals surface area contributed by atoms with Crippen LogP contribution in [0.4, 0.5) is 18.0 Å². The van der Waals surface area contributed by atoms with Crippen molar-refractivity contribution in [3.05, 3.63) is 45.7 Å². The predicted octanol–water partition coefficient (Wildman–Crippen LogP) is 4.67. The van der Waals surface area contributed by atoms with Gasteiger partial charge in [-0.15, -0.1) is 11.3 Å². The summed E-state index contributed by atoms with van der Waals surface area (Å²) in [5, 5.41) is 2.72. The van der Waals surface area contributed by atoms with Crippen molar-refractivity contribution >= 4 is 17.4 Å². The van der Waals surface area contributed by atoms with Crippen LogP contribution in [0.25, 0.3) is 5.69 Å². The van der Waals surface area contributed by atoms with E-state index in [1.165, 1.54) is 23.5 Å². The zero-order chi connectivity index (χ0) is 18.4. The molecule has 1 aromatic heterocycles. The van der Waals surface area contributed by atoms with Crippen LogP contribution in [0.1, 0.15) is 36.6 Å². The number of unbranched alkanes of at least 4 members (excludes halogenated alkanes) is 2. The van der Waals surface area contributed by atoms with E-state index < -0.39 is 17.8 Å². The number of nitrogens with one attached hydrogen (secondary N) is 1. The molecule has 8 heteroatoms. The van der Waals surface area contributed by atoms with Gasteiger partial charge in [-0.05, 0) is 37.6 Å². The molecule has 0 saturated heterocycles. The number of amides is 2. The maximum absolute atomic E-state index is 12.7. The number of hydrogen-bond donors (Lipinski definition) is 1. The Morgan fingerprint density at radius 1 is 1.24 bits per heavy atom. The minimum atomic E-state index is -4.38. The van der Waals surface area contributed by atoms with Crippen LogP contribution in [-0.4, -0.2) is 17.1 Å². The molecular formula is C17H20F3N3OS. The molecule has 0 bridgehead atoms. The first-order valence-electron chi connectivity index (χ1n) is 8.00. The fraction of sp³-hybridized carbons (Fsp3) is 0.412. The molecule has 2 aromatic rings. The van der Waals surface area contributed by atoms with Crippen molar-refractivity contribution < 1.29 is 18.0 Å². The molecule has 1 N–H and O–H groups in total. The Bertz CT molecular complexity index is 776. The Morgan fingerprint density at radius 3 is 2.52 bits per heavy atom. The van der Waals surface area contributed by atoms with Crippen molar-refractivity contribution in [2.45, 2.75) is 39.3 Å². The Kier molecular flexibility index (Phi) is 6.41. The number of thiazole rings is 1. The summed E-state index contributed by atoms with van der Waals surface area (Å²) in [4.78, 5) is 17.3. The summed E-state index contributed by atoms with van der Waals surface area (Å²) in [6.07, 6.45) is 0.352. The summed E-state index contributed by atoms with van der Waals surface area (Å²) in [6, 6.07) is 4.33. The number of benzene rings is 1. The van der Waals surface area contributed by atoms with E-state index in [4.69, 9.17) is 0 Å². The van der Waals surface area contributed by atoms with Gasteiger partial charge in [0.1, 0.15) is 0 Å². The van der Waals surface area contributed by atoms with Crippen molar-refractivity contribution in [1.29, 1.82) is 0 Å². The quantitative estimate of drug-likeness (QED) is 0.763. The Morgan fingerprint density at radius 2 is 1.92 bits per heavy atom. The van der Waals surface area contributed by atoms with E-state index in [2.05, 4.69) is 17.2 Å². The molecular weight excluding hydrogens is 351 g/mol. The zero-order valence-corrected chi connectivity index (χ0v) is 14.9. The van der Waals surface area contributed by atoms with Crippen molar-refractivity contribution in [2.75, 3.05) is 6.54 Å². The van der Waals surface area contributed by atoms with Gasteiger partial charge in [0.15, 0.2) is 4.80 Å². The number of halogens is 3. The molecule has 0 atom stereocenters. The molecule has 2 rings (SSSR count). The van der Waals surface area contributed by atoms with Crippen LogP contribution in [0.3, 0.4) is 0 Å². The van der Waals surface area contributed by atoms with Crippen LogP contribution in [-0.2, 0) is 6.18 Å². The van der Waals surface area contributed by atoms with Crippen molar-refractivity contribution in [2.24, 2.45) is 4.99 Å². The van der Waals surface area contributed by atoms with Gasteiger partial charge in [-0.2, -0.15) is 18.2 Å². The van der Waals surface area contributed by atoms with E-state index in [1.54, 1.807) is 10.8 Å². The summed E-state index contributed by atoms with van der Waals surface area (Å²) >= 11 is 1.30. The molecule has 4 nitrogen and oxygen atoms in total. The van der Waals surface area contributed by atoms with Gasteiger partial charge < -0.3 is 5.32 Å². The smallest absolute Gasteiger partial charge is 0.336 e. The molecule has 0 aliphatic heterocycles. The second-order valence-electron chi connectivity index (χ2n) is 5.59. The number of carbonyl (C=O) groups excluding carboxylic acids is 1. The second kappa shape index (κ2) is 8.33. The van der Waals surface area contributed by atoms with Gasteiger partial charge in [0.05, 0.1) is 5.56 Å². The Labute approximate surface area is 148 Å². The average molecular weight is 371 g/mol. The summed E-state index contributed by atoms with van der Waals surface area (Å²) < 4.78 is 39.6. The van der Waals surface area contributed by atoms with Crippen LogP contribution in [0.5, 0.6) is 0 Å². The van der Waals surface area contributed by atoms with E-state index >= 15 is 0 Å². The summed E-state index contributed by atoms with van der Waals surface area (Å²) in [6.45, 7) is 4.48. The SMILES string of the molecule is CCCCCNC(=O)N=c1sc(C)cn1-c1ccc(C(F)(F)F)cc1. The number of aromatic nitrogens is 1. The molecule has 0 saturated carbocycles. The molecule has 25 heavy (non-hydrogen) atoms. The molecule has 136 valence electrons. The monoisotopic (exact) mass is 371 g/mol. The lowest BCUT2D eigenvalue weighted by Crippen LogP contribution is -2.24. The molecule has 0 aliphatic rings. The van der Waals surface area contributed by atoms with E-state index in [-0.39, 0.29) is 0 Å². The molecule has 0 fully saturated rings. The highest BCUT2D eigenvalue weighted by Gasteiger charge is 2.30. The lowest BCUT2D eigenvalue weighted by molar-refractivity contribution is -0.137. The van der Waals surface area contributed by atoms with Crippen molar-refractivity contribution in [3.8, 4) is 5.69 Å². The van der Waals surface area contributed by atoms with Gasteiger partial charge in [0, 0.05) is 23.3 Å². The zero-order valence-electron chi connectivity index (χ0n) is 14.1. The highest BCUT2D eigenvalue weighted by Crippen LogP contribution is 2.29. The minimum Gasteiger partial charge on any atom is -0.336 e. The second-order valence-corrected chi connectivity index (χ2v) is 6.80. The van der Waals surface area contributed by atoms with E-state index in [0.717, 1.165) is 36.3 Å². The highest BCUT2D eigenvalue weighted by atomic mass is 32.1. The average Bonchev–Trinajstić information content (AvgIpc) is 2.91. The first kappa shape index (κ1) is 19.2. The van der Waals surface area contributed by atoms with Crippen LogP contribution < -0.4 is 10.1 Å². The third-order valence-electron chi connectivity index (χ3n) is 3.50. The lowest BCUT2D eigenvalue weighted by Gasteiger charge is -2.08. The van der Waals surface area contributed by atoms with Gasteiger partial charge in [-0.3, -0.25) is 4.57 Å². The van der Waals surface area contributed by atoms with E-state index in [1.807, 2.05) is 6.92 Å². The molecule has 1 heterocycles. The van der Waals surface area contributed by atoms with Gasteiger partial charge in [-0.25, -0.2) is 4.79 Å². The van der Waals surface area contributed by atoms with Crippen molar-refractivity contribution in [3.63, 3.8) is 0 Å². The van der Waals surface area contributed by atoms with Crippen LogP contribution in [0.15, 0.2) is 35.5 Å². The Balaban J connectivity index is 2.23. The third kappa shape index (κ3) is 5.45. The summed E-state index contributed by atoms with van der Waals surface area (Å²) in [5.74, 6) is 0. The minimum absolute atomic E-state index is 0.422. The Hall–Kier alpha value is -2.09. The maximum atomic E-state index is 12.7. The van der Waals surface area contributed by atoms with Crippen LogP contribution in [0.2, 0.25) is 0 Å². The van der Waals surface area contributed by atoms with E-state index in [0.29, 0.717) is 17.0 Å². The van der Waals surface area contributed by atoms with Gasteiger partial charge in [-0.1, -0.05) is 19.8 Å². The first-order chi connectivity index (χ1) is 11.8. The molecule has 0 spiro atoms. The number of nitrogens with zero attached hydrogens (tertiary/aromatic N) is 2. The number of aryl methyl sites for hydroxylation is 1. The largest absolute Gasteiger partial charge is 0.416 e. The normalized spacial score (nSPS) is 12.4. The number of carbonyl (C=O) groups is 1. The fourth-order valence-electron chi connectivity index (χ4n) is 2.23. The standard InChI is InChI=1S/C17H20F3N3OS/c1-3-4-5-10-21-15(24)22-16-23(11-12(2)25-16)14-8-6-13(7-9-14)17(18,19)20/h6-9,11H,3-5,10H2,1-2H3,(H,21,24). The number of alkyl halides is 3. The summed E-state index contributed by atoms with van der Waals surface area (Å²) in [5.41, 5.74) is -0.189. The lowest BCUT2D eigenvalue weighted by atomic mass is 10.2. The molecule has 0 radical (unpaired) electrons. The summed E-state index contributed by atoms with van der Waals surface area (Å²) in [7, 11) is 0. The fourth-order valence-corrected chi connectivity index (χ4v) is 3.06. The molecule has 0 unspecified atom stereocenters. The third-order valence-corrected chi connectivity index (χ3v) is 4.39. The van der Waals surface area contributed by atoms with Crippen LogP contribution in [0, 0.1) is 6.92 Å². The molecule has 2 amide bonds. The van der Waals surface area contributed by atoms with Gasteiger partial charge >= 0.3 is 12.2 Å². The van der Waals surface area contributed by atoms with Crippen molar-refractivity contribution in [1.82, 2.24) is 9.88 Å². The number of rotatable bonds is 5. The molecule has 0 aliphatic carbocycles. The van der Waals surface area contributed by atoms with Crippen LogP contribution >= 0.6 is 11.3 Å². The van der Waals surface area contributed by atoms with Gasteiger partial charge in [0.25, 0.3) is 0 Å². The number of hydrogen-bond acceptors (Lipinski definition) is 2.